The molecular formula is C20H15Cl2N3O2. The Balaban J connectivity index is 1.69. The number of para-hydroxylation sites is 1. The second-order valence-corrected chi connectivity index (χ2v) is 6.48. The van der Waals surface area contributed by atoms with Crippen molar-refractivity contribution in [2.45, 2.75) is 6.54 Å². The Labute approximate surface area is 166 Å². The van der Waals surface area contributed by atoms with Gasteiger partial charge in [0.05, 0.1) is 15.6 Å². The number of nitrogens with zero attached hydrogens (tertiary/aromatic N) is 1. The van der Waals surface area contributed by atoms with Crippen molar-refractivity contribution in [2.24, 2.45) is 0 Å². The molecule has 7 heteroatoms. The zero-order valence-electron chi connectivity index (χ0n) is 14.1. The van der Waals surface area contributed by atoms with E-state index < -0.39 is 0 Å². The fourth-order valence-electron chi connectivity index (χ4n) is 2.40. The van der Waals surface area contributed by atoms with Crippen molar-refractivity contribution in [3.63, 3.8) is 0 Å². The first-order valence-corrected chi connectivity index (χ1v) is 8.83. The summed E-state index contributed by atoms with van der Waals surface area (Å²) in [6.07, 6.45) is 3.09. The van der Waals surface area contributed by atoms with Crippen LogP contribution in [0.15, 0.2) is 67.0 Å². The number of anilines is 1. The third-order valence-corrected chi connectivity index (χ3v) is 4.55. The monoisotopic (exact) mass is 399 g/mol. The van der Waals surface area contributed by atoms with Gasteiger partial charge in [-0.05, 0) is 42.0 Å². The number of amides is 2. The molecule has 0 saturated heterocycles. The molecule has 0 radical (unpaired) electrons. The first-order valence-electron chi connectivity index (χ1n) is 8.07. The maximum atomic E-state index is 12.3. The largest absolute Gasteiger partial charge is 0.348 e. The van der Waals surface area contributed by atoms with Crippen LogP contribution in [-0.2, 0) is 6.54 Å². The lowest BCUT2D eigenvalue weighted by atomic mass is 10.1. The van der Waals surface area contributed by atoms with E-state index in [1.165, 1.54) is 12.3 Å². The van der Waals surface area contributed by atoms with Crippen LogP contribution in [0.25, 0.3) is 0 Å². The molecule has 0 aliphatic rings. The van der Waals surface area contributed by atoms with Crippen LogP contribution in [0, 0.1) is 0 Å². The molecule has 3 aromatic rings. The van der Waals surface area contributed by atoms with Crippen LogP contribution in [0.2, 0.25) is 10.0 Å². The molecule has 0 fully saturated rings. The number of hydrogen-bond acceptors (Lipinski definition) is 3. The van der Waals surface area contributed by atoms with Gasteiger partial charge in [-0.1, -0.05) is 41.4 Å². The Hall–Kier alpha value is -2.89. The minimum absolute atomic E-state index is 0.239. The van der Waals surface area contributed by atoms with E-state index in [4.69, 9.17) is 23.2 Å². The molecule has 0 bridgehead atoms. The van der Waals surface area contributed by atoms with Gasteiger partial charge in [-0.3, -0.25) is 14.6 Å². The van der Waals surface area contributed by atoms with Crippen molar-refractivity contribution in [1.82, 2.24) is 10.3 Å². The molecule has 1 aromatic heterocycles. The Morgan fingerprint density at radius 1 is 0.889 bits per heavy atom. The molecule has 3 rings (SSSR count). The molecule has 0 aliphatic heterocycles. The van der Waals surface area contributed by atoms with E-state index in [9.17, 15) is 9.59 Å². The third-order valence-electron chi connectivity index (χ3n) is 3.81. The summed E-state index contributed by atoms with van der Waals surface area (Å²) in [5.41, 5.74) is 2.23. The summed E-state index contributed by atoms with van der Waals surface area (Å²) in [5, 5.41) is 6.35. The van der Waals surface area contributed by atoms with Crippen LogP contribution in [0.5, 0.6) is 0 Å². The van der Waals surface area contributed by atoms with Crippen LogP contribution in [0.4, 0.5) is 5.69 Å². The minimum atomic E-state index is -0.290. The number of nitrogens with one attached hydrogen (secondary N) is 2. The zero-order valence-corrected chi connectivity index (χ0v) is 15.6. The van der Waals surface area contributed by atoms with E-state index in [1.807, 2.05) is 18.2 Å². The second kappa shape index (κ2) is 8.66. The van der Waals surface area contributed by atoms with Gasteiger partial charge in [0.15, 0.2) is 0 Å². The van der Waals surface area contributed by atoms with Crippen molar-refractivity contribution in [2.75, 3.05) is 5.32 Å². The van der Waals surface area contributed by atoms with Gasteiger partial charge in [-0.25, -0.2) is 0 Å². The summed E-state index contributed by atoms with van der Waals surface area (Å²) >= 11 is 11.8. The quantitative estimate of drug-likeness (QED) is 0.659. The standard InChI is InChI=1S/C20H15Cl2N3O2/c21-16-8-7-13(10-17(16)22)19(26)24-12-14-4-1-2-6-18(14)25-20(27)15-5-3-9-23-11-15/h1-11H,12H2,(H,24,26)(H,25,27). The lowest BCUT2D eigenvalue weighted by Gasteiger charge is -2.12. The molecule has 136 valence electrons. The van der Waals surface area contributed by atoms with Gasteiger partial charge >= 0.3 is 0 Å². The number of hydrogen-bond donors (Lipinski definition) is 2. The van der Waals surface area contributed by atoms with Gasteiger partial charge in [0.25, 0.3) is 11.8 Å². The van der Waals surface area contributed by atoms with Gasteiger partial charge < -0.3 is 10.6 Å². The van der Waals surface area contributed by atoms with Crippen molar-refractivity contribution >= 4 is 40.7 Å². The predicted molar refractivity (Wildman–Crippen MR) is 106 cm³/mol. The Bertz CT molecular complexity index is 978. The maximum Gasteiger partial charge on any atom is 0.257 e. The fourth-order valence-corrected chi connectivity index (χ4v) is 2.70. The molecule has 0 atom stereocenters. The fraction of sp³-hybridized carbons (Fsp3) is 0.0500. The van der Waals surface area contributed by atoms with Gasteiger partial charge in [0, 0.05) is 30.2 Å². The highest BCUT2D eigenvalue weighted by Crippen LogP contribution is 2.23. The van der Waals surface area contributed by atoms with Crippen LogP contribution in [-0.4, -0.2) is 16.8 Å². The number of halogens is 2. The molecule has 2 amide bonds. The normalized spacial score (nSPS) is 10.3. The van der Waals surface area contributed by atoms with Gasteiger partial charge in [0.2, 0.25) is 0 Å². The van der Waals surface area contributed by atoms with Crippen molar-refractivity contribution in [3.8, 4) is 0 Å². The smallest absolute Gasteiger partial charge is 0.257 e. The zero-order chi connectivity index (χ0) is 19.2. The number of carbonyl (C=O) groups is 2. The average molecular weight is 400 g/mol. The Kier molecular flexibility index (Phi) is 6.06. The summed E-state index contributed by atoms with van der Waals surface area (Å²) < 4.78 is 0. The topological polar surface area (TPSA) is 71.1 Å². The van der Waals surface area contributed by atoms with Crippen LogP contribution < -0.4 is 10.6 Å². The highest BCUT2D eigenvalue weighted by Gasteiger charge is 2.11. The van der Waals surface area contributed by atoms with E-state index in [1.54, 1.807) is 36.5 Å². The summed E-state index contributed by atoms with van der Waals surface area (Å²) in [7, 11) is 0. The van der Waals surface area contributed by atoms with E-state index >= 15 is 0 Å². The van der Waals surface area contributed by atoms with Gasteiger partial charge in [-0.15, -0.1) is 0 Å². The number of benzene rings is 2. The SMILES string of the molecule is O=C(NCc1ccccc1NC(=O)c1cccnc1)c1ccc(Cl)c(Cl)c1. The highest BCUT2D eigenvalue weighted by atomic mass is 35.5. The van der Waals surface area contributed by atoms with Crippen molar-refractivity contribution in [3.05, 3.63) is 93.7 Å². The molecule has 2 N–H and O–H groups in total. The molecule has 2 aromatic carbocycles. The molecule has 0 spiro atoms. The lowest BCUT2D eigenvalue weighted by molar-refractivity contribution is 0.0950. The molecule has 0 unspecified atom stereocenters. The Morgan fingerprint density at radius 2 is 1.70 bits per heavy atom. The molecule has 0 saturated carbocycles. The van der Waals surface area contributed by atoms with Gasteiger partial charge in [0.1, 0.15) is 0 Å². The maximum absolute atomic E-state index is 12.3. The summed E-state index contributed by atoms with van der Waals surface area (Å²) in [4.78, 5) is 28.6. The highest BCUT2D eigenvalue weighted by molar-refractivity contribution is 6.42. The number of pyridine rings is 1. The molecule has 1 heterocycles. The van der Waals surface area contributed by atoms with Crippen molar-refractivity contribution in [1.29, 1.82) is 0 Å². The second-order valence-electron chi connectivity index (χ2n) is 5.66. The lowest BCUT2D eigenvalue weighted by Crippen LogP contribution is -2.24. The summed E-state index contributed by atoms with van der Waals surface area (Å²) in [6.45, 7) is 0.239. The summed E-state index contributed by atoms with van der Waals surface area (Å²) in [5.74, 6) is -0.562. The van der Waals surface area contributed by atoms with Crippen molar-refractivity contribution < 1.29 is 9.59 Å². The first kappa shape index (κ1) is 18.9. The minimum Gasteiger partial charge on any atom is -0.348 e. The third kappa shape index (κ3) is 4.84. The number of rotatable bonds is 5. The van der Waals surface area contributed by atoms with E-state index in [2.05, 4.69) is 15.6 Å². The number of carbonyl (C=O) groups excluding carboxylic acids is 2. The van der Waals surface area contributed by atoms with E-state index in [0.29, 0.717) is 26.9 Å². The molecule has 27 heavy (non-hydrogen) atoms. The molecule has 0 aliphatic carbocycles. The van der Waals surface area contributed by atoms with E-state index in [0.717, 1.165) is 5.56 Å². The van der Waals surface area contributed by atoms with Crippen LogP contribution in [0.3, 0.4) is 0 Å². The van der Waals surface area contributed by atoms with Crippen LogP contribution >= 0.6 is 23.2 Å². The Morgan fingerprint density at radius 3 is 2.44 bits per heavy atom. The number of aromatic nitrogens is 1. The summed E-state index contributed by atoms with van der Waals surface area (Å²) in [6, 6.07) is 15.3. The molecular weight excluding hydrogens is 385 g/mol. The van der Waals surface area contributed by atoms with Crippen LogP contribution in [0.1, 0.15) is 26.3 Å². The predicted octanol–water partition coefficient (Wildman–Crippen LogP) is 4.57. The van der Waals surface area contributed by atoms with Gasteiger partial charge in [-0.2, -0.15) is 0 Å². The average Bonchev–Trinajstić information content (AvgIpc) is 2.69. The first-order chi connectivity index (χ1) is 13.0. The van der Waals surface area contributed by atoms with E-state index in [-0.39, 0.29) is 18.4 Å². The molecule has 5 nitrogen and oxygen atoms in total.